The van der Waals surface area contributed by atoms with Crippen molar-refractivity contribution in [2.24, 2.45) is 0 Å². The summed E-state index contributed by atoms with van der Waals surface area (Å²) < 4.78 is 2.39. The van der Waals surface area contributed by atoms with Crippen LogP contribution in [0, 0.1) is 3.57 Å². The molecule has 0 spiro atoms. The molecule has 0 aliphatic rings. The van der Waals surface area contributed by atoms with Crippen molar-refractivity contribution in [1.29, 1.82) is 0 Å². The van der Waals surface area contributed by atoms with Crippen molar-refractivity contribution in [3.63, 3.8) is 0 Å². The van der Waals surface area contributed by atoms with Gasteiger partial charge in [-0.25, -0.2) is 9.78 Å². The molecule has 1 aromatic carbocycles. The van der Waals surface area contributed by atoms with Gasteiger partial charge in [0.2, 0.25) is 0 Å². The number of aryl methyl sites for hydroxylation is 1. The molecular formula is C17H15IN4O3. The number of hydrogen-bond donors (Lipinski definition) is 2. The van der Waals surface area contributed by atoms with Gasteiger partial charge in [0.05, 0.1) is 10.9 Å². The van der Waals surface area contributed by atoms with Gasteiger partial charge in [-0.1, -0.05) is 13.0 Å². The normalized spacial score (nSPS) is 10.8. The van der Waals surface area contributed by atoms with Crippen LogP contribution in [0.5, 0.6) is 0 Å². The van der Waals surface area contributed by atoms with E-state index in [2.05, 4.69) is 37.9 Å². The molecule has 3 rings (SSSR count). The molecule has 25 heavy (non-hydrogen) atoms. The van der Waals surface area contributed by atoms with E-state index in [0.29, 0.717) is 12.2 Å². The smallest absolute Gasteiger partial charge is 0.322 e. The van der Waals surface area contributed by atoms with Crippen LogP contribution in [0.15, 0.2) is 46.1 Å². The van der Waals surface area contributed by atoms with Crippen molar-refractivity contribution in [2.45, 2.75) is 19.9 Å². The number of carbonyl (C=O) groups is 1. The van der Waals surface area contributed by atoms with Crippen LogP contribution in [0.1, 0.15) is 23.7 Å². The Hall–Kier alpha value is -2.49. The number of benzene rings is 1. The minimum atomic E-state index is -0.552. The second-order valence-electron chi connectivity index (χ2n) is 5.47. The quantitative estimate of drug-likeness (QED) is 0.597. The van der Waals surface area contributed by atoms with E-state index in [1.807, 2.05) is 25.1 Å². The first kappa shape index (κ1) is 17.3. The van der Waals surface area contributed by atoms with Crippen molar-refractivity contribution in [3.8, 4) is 0 Å². The molecule has 0 atom stereocenters. The van der Waals surface area contributed by atoms with Crippen molar-refractivity contribution in [1.82, 2.24) is 14.5 Å². The number of nitrogens with one attached hydrogen (secondary N) is 2. The molecule has 0 aliphatic carbocycles. The molecular weight excluding hydrogens is 435 g/mol. The molecule has 2 N–H and O–H groups in total. The molecule has 0 bridgehead atoms. The summed E-state index contributed by atoms with van der Waals surface area (Å²) in [4.78, 5) is 42.9. The average Bonchev–Trinajstić information content (AvgIpc) is 2.58. The van der Waals surface area contributed by atoms with Gasteiger partial charge in [0.1, 0.15) is 5.65 Å². The highest BCUT2D eigenvalue weighted by Gasteiger charge is 2.13. The van der Waals surface area contributed by atoms with Gasteiger partial charge < -0.3 is 5.32 Å². The molecule has 0 saturated heterocycles. The maximum atomic E-state index is 12.4. The van der Waals surface area contributed by atoms with Crippen LogP contribution in [-0.2, 0) is 6.54 Å². The Morgan fingerprint density at radius 2 is 2.12 bits per heavy atom. The van der Waals surface area contributed by atoms with Crippen LogP contribution < -0.4 is 16.6 Å². The molecule has 0 fully saturated rings. The van der Waals surface area contributed by atoms with Gasteiger partial charge in [-0.2, -0.15) is 0 Å². The van der Waals surface area contributed by atoms with Gasteiger partial charge in [-0.05, 0) is 53.3 Å². The molecule has 3 aromatic rings. The number of pyridine rings is 1. The van der Waals surface area contributed by atoms with Crippen LogP contribution >= 0.6 is 22.6 Å². The first-order valence-electron chi connectivity index (χ1n) is 7.69. The third kappa shape index (κ3) is 3.63. The van der Waals surface area contributed by atoms with Crippen molar-refractivity contribution >= 4 is 45.2 Å². The number of nitrogens with zero attached hydrogens (tertiary/aromatic N) is 2. The number of halogens is 1. The van der Waals surface area contributed by atoms with E-state index in [4.69, 9.17) is 0 Å². The summed E-state index contributed by atoms with van der Waals surface area (Å²) in [5.74, 6) is -0.371. The third-order valence-corrected chi connectivity index (χ3v) is 4.30. The van der Waals surface area contributed by atoms with E-state index in [1.165, 1.54) is 16.8 Å². The number of carbonyl (C=O) groups excluding carboxylic acids is 1. The molecule has 1 amide bonds. The number of amides is 1. The van der Waals surface area contributed by atoms with E-state index in [9.17, 15) is 14.4 Å². The lowest BCUT2D eigenvalue weighted by Crippen LogP contribution is -2.31. The predicted octanol–water partition coefficient (Wildman–Crippen LogP) is 2.35. The van der Waals surface area contributed by atoms with E-state index in [0.717, 1.165) is 9.99 Å². The summed E-state index contributed by atoms with van der Waals surface area (Å²) in [6.45, 7) is 2.36. The van der Waals surface area contributed by atoms with Crippen LogP contribution in [0.25, 0.3) is 11.0 Å². The Balaban J connectivity index is 2.02. The maximum Gasteiger partial charge on any atom is 0.329 e. The Kier molecular flexibility index (Phi) is 4.98. The molecule has 0 unspecified atom stereocenters. The Bertz CT molecular complexity index is 1070. The lowest BCUT2D eigenvalue weighted by atomic mass is 10.2. The summed E-state index contributed by atoms with van der Waals surface area (Å²) in [5, 5.41) is 2.98. The van der Waals surface area contributed by atoms with Gasteiger partial charge >= 0.3 is 5.69 Å². The highest BCUT2D eigenvalue weighted by atomic mass is 127. The first-order valence-corrected chi connectivity index (χ1v) is 8.77. The molecule has 2 heterocycles. The highest BCUT2D eigenvalue weighted by Crippen LogP contribution is 2.15. The summed E-state index contributed by atoms with van der Waals surface area (Å²) in [5.41, 5.74) is 0.133. The molecule has 128 valence electrons. The number of aromatic nitrogens is 3. The Morgan fingerprint density at radius 1 is 1.32 bits per heavy atom. The zero-order valence-electron chi connectivity index (χ0n) is 13.4. The highest BCUT2D eigenvalue weighted by molar-refractivity contribution is 14.1. The molecule has 7 nitrogen and oxygen atoms in total. The number of aromatic amines is 1. The molecule has 8 heteroatoms. The fraction of sp³-hybridized carbons (Fsp3) is 0.176. The van der Waals surface area contributed by atoms with Gasteiger partial charge in [0.25, 0.3) is 11.5 Å². The van der Waals surface area contributed by atoms with Crippen LogP contribution in [0.3, 0.4) is 0 Å². The lowest BCUT2D eigenvalue weighted by Gasteiger charge is -2.09. The van der Waals surface area contributed by atoms with Gasteiger partial charge in [-0.15, -0.1) is 0 Å². The Labute approximate surface area is 156 Å². The number of fused-ring (bicyclic) bond motifs is 1. The van der Waals surface area contributed by atoms with Crippen molar-refractivity contribution < 1.29 is 4.79 Å². The van der Waals surface area contributed by atoms with E-state index in [-0.39, 0.29) is 22.5 Å². The monoisotopic (exact) mass is 450 g/mol. The van der Waals surface area contributed by atoms with E-state index in [1.54, 1.807) is 6.07 Å². The second-order valence-corrected chi connectivity index (χ2v) is 6.72. The van der Waals surface area contributed by atoms with E-state index >= 15 is 0 Å². The van der Waals surface area contributed by atoms with Crippen molar-refractivity contribution in [3.05, 3.63) is 66.5 Å². The molecule has 0 aliphatic heterocycles. The first-order chi connectivity index (χ1) is 12.0. The minimum absolute atomic E-state index is 0.211. The predicted molar refractivity (Wildman–Crippen MR) is 104 cm³/mol. The third-order valence-electron chi connectivity index (χ3n) is 3.62. The van der Waals surface area contributed by atoms with Crippen LogP contribution in [0.2, 0.25) is 0 Å². The van der Waals surface area contributed by atoms with E-state index < -0.39 is 11.2 Å². The summed E-state index contributed by atoms with van der Waals surface area (Å²) in [6.07, 6.45) is 2.09. The number of H-pyrrole nitrogens is 1. The minimum Gasteiger partial charge on any atom is -0.322 e. The number of rotatable bonds is 4. The standard InChI is InChI=1S/C17H15IN4O3/c1-2-6-22-14-13(16(24)21-17(22)25)7-10(9-19-14)15(23)20-12-5-3-4-11(18)8-12/h3-5,7-9H,2,6H2,1H3,(H,20,23)(H,21,24,25). The number of hydrogen-bond acceptors (Lipinski definition) is 4. The topological polar surface area (TPSA) is 96.9 Å². The maximum absolute atomic E-state index is 12.4. The fourth-order valence-electron chi connectivity index (χ4n) is 2.49. The second kappa shape index (κ2) is 7.18. The van der Waals surface area contributed by atoms with Gasteiger partial charge in [-0.3, -0.25) is 19.1 Å². The lowest BCUT2D eigenvalue weighted by molar-refractivity contribution is 0.102. The van der Waals surface area contributed by atoms with Gasteiger partial charge in [0, 0.05) is 22.0 Å². The average molecular weight is 450 g/mol. The summed E-state index contributed by atoms with van der Waals surface area (Å²) in [6, 6.07) is 8.82. The zero-order chi connectivity index (χ0) is 18.0. The van der Waals surface area contributed by atoms with Crippen LogP contribution in [-0.4, -0.2) is 20.4 Å². The summed E-state index contributed by atoms with van der Waals surface area (Å²) >= 11 is 2.16. The fourth-order valence-corrected chi connectivity index (χ4v) is 3.04. The Morgan fingerprint density at radius 3 is 2.84 bits per heavy atom. The largest absolute Gasteiger partial charge is 0.329 e. The molecule has 2 aromatic heterocycles. The van der Waals surface area contributed by atoms with Crippen LogP contribution in [0.4, 0.5) is 5.69 Å². The van der Waals surface area contributed by atoms with Crippen molar-refractivity contribution in [2.75, 3.05) is 5.32 Å². The SMILES string of the molecule is CCCn1c(=O)[nH]c(=O)c2cc(C(=O)Nc3cccc(I)c3)cnc21. The molecule has 0 saturated carbocycles. The molecule has 0 radical (unpaired) electrons. The summed E-state index contributed by atoms with van der Waals surface area (Å²) in [7, 11) is 0. The zero-order valence-corrected chi connectivity index (χ0v) is 15.5. The number of anilines is 1. The van der Waals surface area contributed by atoms with Gasteiger partial charge in [0.15, 0.2) is 0 Å².